The van der Waals surface area contributed by atoms with Gasteiger partial charge in [0.15, 0.2) is 0 Å². The minimum atomic E-state index is -0.359. The van der Waals surface area contributed by atoms with E-state index in [0.717, 1.165) is 5.69 Å². The number of pyridine rings is 2. The average Bonchev–Trinajstić information content (AvgIpc) is 2.37. The largest absolute Gasteiger partial charge is 0.378 e. The van der Waals surface area contributed by atoms with Gasteiger partial charge < -0.3 is 15.2 Å². The molecule has 0 atom stereocenters. The lowest BCUT2D eigenvalue weighted by atomic mass is 10.2. The third kappa shape index (κ3) is 3.23. The minimum absolute atomic E-state index is 0.301. The second-order valence-electron chi connectivity index (χ2n) is 4.66. The molecule has 2 aromatic heterocycles. The molecule has 6 heteroatoms. The van der Waals surface area contributed by atoms with Gasteiger partial charge >= 0.3 is 0 Å². The van der Waals surface area contributed by atoms with Gasteiger partial charge in [-0.15, -0.1) is 0 Å². The van der Waals surface area contributed by atoms with Crippen molar-refractivity contribution >= 4 is 17.4 Å². The summed E-state index contributed by atoms with van der Waals surface area (Å²) in [6.45, 7) is 1.73. The second kappa shape index (κ2) is 5.56. The average molecular weight is 272 g/mol. The maximum Gasteiger partial charge on any atom is 0.257 e. The molecule has 0 aliphatic heterocycles. The lowest BCUT2D eigenvalue weighted by molar-refractivity contribution is 0.102. The Morgan fingerprint density at radius 3 is 2.70 bits per heavy atom. The predicted molar refractivity (Wildman–Crippen MR) is 78.3 cm³/mol. The first-order valence-corrected chi connectivity index (χ1v) is 6.11. The normalized spacial score (nSPS) is 10.2. The molecule has 0 radical (unpaired) electrons. The van der Waals surface area contributed by atoms with E-state index in [1.54, 1.807) is 25.3 Å². The second-order valence-corrected chi connectivity index (χ2v) is 4.66. The van der Waals surface area contributed by atoms with Crippen LogP contribution in [0.2, 0.25) is 0 Å². The number of aryl methyl sites for hydroxylation is 1. The number of aromatic nitrogens is 2. The third-order valence-corrected chi connectivity index (χ3v) is 2.74. The first-order valence-electron chi connectivity index (χ1n) is 6.11. The fourth-order valence-electron chi connectivity index (χ4n) is 1.77. The van der Waals surface area contributed by atoms with Crippen molar-refractivity contribution < 1.29 is 4.79 Å². The van der Waals surface area contributed by atoms with Gasteiger partial charge in [0.05, 0.1) is 0 Å². The van der Waals surface area contributed by atoms with Crippen LogP contribution in [0.5, 0.6) is 0 Å². The summed E-state index contributed by atoms with van der Waals surface area (Å²) in [5.41, 5.74) is 1.57. The maximum absolute atomic E-state index is 12.1. The van der Waals surface area contributed by atoms with Crippen LogP contribution >= 0.6 is 0 Å². The van der Waals surface area contributed by atoms with E-state index in [-0.39, 0.29) is 11.5 Å². The van der Waals surface area contributed by atoms with Gasteiger partial charge in [-0.3, -0.25) is 9.59 Å². The van der Waals surface area contributed by atoms with E-state index in [1.165, 1.54) is 6.07 Å². The molecule has 1 amide bonds. The fraction of sp³-hybridized carbons (Fsp3) is 0.214. The molecular weight excluding hydrogens is 256 g/mol. The Balaban J connectivity index is 2.23. The molecule has 0 fully saturated rings. The zero-order valence-corrected chi connectivity index (χ0v) is 11.6. The molecular formula is C14H16N4O2. The summed E-state index contributed by atoms with van der Waals surface area (Å²) in [5.74, 6) is 0.0849. The van der Waals surface area contributed by atoms with Crippen molar-refractivity contribution in [3.05, 3.63) is 52.1 Å². The molecule has 0 aliphatic carbocycles. The summed E-state index contributed by atoms with van der Waals surface area (Å²) in [5, 5.41) is 2.68. The summed E-state index contributed by atoms with van der Waals surface area (Å²) in [6, 6.07) is 6.48. The molecule has 104 valence electrons. The Morgan fingerprint density at radius 2 is 2.05 bits per heavy atom. The molecule has 0 bridgehead atoms. The van der Waals surface area contributed by atoms with Crippen molar-refractivity contribution in [2.24, 2.45) is 0 Å². The van der Waals surface area contributed by atoms with Crippen LogP contribution in [0.3, 0.4) is 0 Å². The minimum Gasteiger partial charge on any atom is -0.378 e. The van der Waals surface area contributed by atoms with Gasteiger partial charge in [-0.05, 0) is 19.1 Å². The van der Waals surface area contributed by atoms with Crippen molar-refractivity contribution in [1.82, 2.24) is 9.97 Å². The molecule has 0 spiro atoms. The number of carbonyl (C=O) groups excluding carboxylic acids is 1. The van der Waals surface area contributed by atoms with E-state index < -0.39 is 0 Å². The van der Waals surface area contributed by atoms with E-state index in [9.17, 15) is 9.59 Å². The van der Waals surface area contributed by atoms with Crippen molar-refractivity contribution in [3.8, 4) is 0 Å². The van der Waals surface area contributed by atoms with E-state index in [0.29, 0.717) is 17.1 Å². The SMILES string of the molecule is Cc1cc(C(=O)Nc2cc(N(C)C)ccn2)cc(=O)[nH]1. The lowest BCUT2D eigenvalue weighted by Gasteiger charge is -2.13. The molecule has 2 heterocycles. The quantitative estimate of drug-likeness (QED) is 0.885. The summed E-state index contributed by atoms with van der Waals surface area (Å²) in [7, 11) is 3.81. The van der Waals surface area contributed by atoms with Crippen LogP contribution in [0.1, 0.15) is 16.1 Å². The highest BCUT2D eigenvalue weighted by Crippen LogP contribution is 2.15. The first-order chi connectivity index (χ1) is 9.45. The standard InChI is InChI=1S/C14H16N4O2/c1-9-6-10(7-13(19)16-9)14(20)17-12-8-11(18(2)3)4-5-15-12/h4-8H,1-3H3,(H,16,19)(H,15,17,20). The zero-order chi connectivity index (χ0) is 14.7. The Labute approximate surface area is 116 Å². The monoisotopic (exact) mass is 272 g/mol. The van der Waals surface area contributed by atoms with Crippen LogP contribution < -0.4 is 15.8 Å². The van der Waals surface area contributed by atoms with Crippen molar-refractivity contribution in [2.45, 2.75) is 6.92 Å². The number of hydrogen-bond donors (Lipinski definition) is 2. The smallest absolute Gasteiger partial charge is 0.257 e. The fourth-order valence-corrected chi connectivity index (χ4v) is 1.77. The zero-order valence-electron chi connectivity index (χ0n) is 11.6. The molecule has 2 N–H and O–H groups in total. The highest BCUT2D eigenvalue weighted by atomic mass is 16.2. The van der Waals surface area contributed by atoms with E-state index in [4.69, 9.17) is 0 Å². The Bertz CT molecular complexity index is 692. The van der Waals surface area contributed by atoms with Crippen LogP contribution in [0.15, 0.2) is 35.3 Å². The summed E-state index contributed by atoms with van der Waals surface area (Å²) in [6.07, 6.45) is 1.62. The van der Waals surface area contributed by atoms with Gasteiger partial charge in [-0.25, -0.2) is 4.98 Å². The molecule has 0 saturated carbocycles. The van der Waals surface area contributed by atoms with Gasteiger partial charge in [0.2, 0.25) is 5.56 Å². The molecule has 0 unspecified atom stereocenters. The van der Waals surface area contributed by atoms with Gasteiger partial charge in [0, 0.05) is 49.4 Å². The van der Waals surface area contributed by atoms with Crippen LogP contribution in [0.4, 0.5) is 11.5 Å². The predicted octanol–water partition coefficient (Wildman–Crippen LogP) is 1.40. The molecule has 20 heavy (non-hydrogen) atoms. The maximum atomic E-state index is 12.1. The number of aromatic amines is 1. The molecule has 2 rings (SSSR count). The summed E-state index contributed by atoms with van der Waals surface area (Å²) >= 11 is 0. The topological polar surface area (TPSA) is 78.1 Å². The van der Waals surface area contributed by atoms with Crippen LogP contribution in [-0.4, -0.2) is 30.0 Å². The van der Waals surface area contributed by atoms with E-state index in [1.807, 2.05) is 25.1 Å². The third-order valence-electron chi connectivity index (χ3n) is 2.74. The number of anilines is 2. The number of nitrogens with one attached hydrogen (secondary N) is 2. The number of carbonyl (C=O) groups is 1. The van der Waals surface area contributed by atoms with E-state index >= 15 is 0 Å². The highest BCUT2D eigenvalue weighted by Gasteiger charge is 2.09. The van der Waals surface area contributed by atoms with Gasteiger partial charge in [0.1, 0.15) is 5.82 Å². The lowest BCUT2D eigenvalue weighted by Crippen LogP contribution is -2.18. The van der Waals surface area contributed by atoms with Gasteiger partial charge in [0.25, 0.3) is 5.91 Å². The van der Waals surface area contributed by atoms with Crippen molar-refractivity contribution in [3.63, 3.8) is 0 Å². The number of nitrogens with zero attached hydrogens (tertiary/aromatic N) is 2. The molecule has 6 nitrogen and oxygen atoms in total. The van der Waals surface area contributed by atoms with Gasteiger partial charge in [-0.2, -0.15) is 0 Å². The number of hydrogen-bond acceptors (Lipinski definition) is 4. The van der Waals surface area contributed by atoms with E-state index in [2.05, 4.69) is 15.3 Å². The summed E-state index contributed by atoms with van der Waals surface area (Å²) in [4.78, 5) is 32.0. The van der Waals surface area contributed by atoms with Gasteiger partial charge in [-0.1, -0.05) is 0 Å². The first kappa shape index (κ1) is 13.8. The molecule has 0 saturated heterocycles. The Hall–Kier alpha value is -2.63. The molecule has 0 aliphatic rings. The molecule has 0 aromatic carbocycles. The summed E-state index contributed by atoms with van der Waals surface area (Å²) < 4.78 is 0. The van der Waals surface area contributed by atoms with Crippen LogP contribution in [0, 0.1) is 6.92 Å². The number of H-pyrrole nitrogens is 1. The van der Waals surface area contributed by atoms with Crippen LogP contribution in [0.25, 0.3) is 0 Å². The number of amides is 1. The Kier molecular flexibility index (Phi) is 3.84. The van der Waals surface area contributed by atoms with Crippen molar-refractivity contribution in [1.29, 1.82) is 0 Å². The molecule has 2 aromatic rings. The Morgan fingerprint density at radius 1 is 1.30 bits per heavy atom. The van der Waals surface area contributed by atoms with Crippen molar-refractivity contribution in [2.75, 3.05) is 24.3 Å². The highest BCUT2D eigenvalue weighted by molar-refractivity contribution is 6.03. The van der Waals surface area contributed by atoms with Crippen LogP contribution in [-0.2, 0) is 0 Å². The number of rotatable bonds is 3.